The van der Waals surface area contributed by atoms with Gasteiger partial charge in [0.25, 0.3) is 0 Å². The van der Waals surface area contributed by atoms with E-state index in [4.69, 9.17) is 15.4 Å². The van der Waals surface area contributed by atoms with Crippen LogP contribution in [0.1, 0.15) is 22.6 Å². The van der Waals surface area contributed by atoms with Crippen LogP contribution in [0.4, 0.5) is 0 Å². The van der Waals surface area contributed by atoms with Gasteiger partial charge < -0.3 is 10.2 Å². The molecule has 3 nitrogen and oxygen atoms in total. The molecule has 0 aliphatic carbocycles. The summed E-state index contributed by atoms with van der Waals surface area (Å²) in [7, 11) is 0. The lowest BCUT2D eigenvalue weighted by Gasteiger charge is -1.98. The minimum atomic E-state index is 0.467. The number of furan rings is 1. The van der Waals surface area contributed by atoms with Crippen LogP contribution < -0.4 is 5.73 Å². The molecule has 0 spiro atoms. The quantitative estimate of drug-likeness (QED) is 0.666. The standard InChI is InChI=1S/C10H12N2O/c1-6-7(2)13-8(3)10(6)9(12)4-5-11/h4H,12H2,1-3H3. The van der Waals surface area contributed by atoms with Gasteiger partial charge in [-0.2, -0.15) is 5.26 Å². The van der Waals surface area contributed by atoms with Gasteiger partial charge in [-0.05, 0) is 26.3 Å². The largest absolute Gasteiger partial charge is 0.466 e. The first kappa shape index (κ1) is 9.40. The fourth-order valence-corrected chi connectivity index (χ4v) is 1.36. The Morgan fingerprint density at radius 2 is 2.00 bits per heavy atom. The minimum absolute atomic E-state index is 0.467. The molecule has 0 aliphatic rings. The SMILES string of the molecule is Cc1oc(C)c(C(N)=CC#N)c1C. The number of allylic oxidation sites excluding steroid dienone is 1. The number of nitriles is 1. The summed E-state index contributed by atoms with van der Waals surface area (Å²) in [5.74, 6) is 1.61. The van der Waals surface area contributed by atoms with Crippen LogP contribution in [0.3, 0.4) is 0 Å². The van der Waals surface area contributed by atoms with Gasteiger partial charge in [-0.1, -0.05) is 0 Å². The first-order valence-electron chi connectivity index (χ1n) is 4.00. The third-order valence-corrected chi connectivity index (χ3v) is 2.07. The second-order valence-corrected chi connectivity index (χ2v) is 2.94. The molecule has 3 heteroatoms. The van der Waals surface area contributed by atoms with Gasteiger partial charge in [0.15, 0.2) is 0 Å². The van der Waals surface area contributed by atoms with E-state index >= 15 is 0 Å². The highest BCUT2D eigenvalue weighted by Crippen LogP contribution is 2.24. The maximum atomic E-state index is 8.45. The van der Waals surface area contributed by atoms with E-state index in [1.807, 2.05) is 26.8 Å². The zero-order chi connectivity index (χ0) is 10.0. The molecule has 0 saturated heterocycles. The van der Waals surface area contributed by atoms with E-state index in [9.17, 15) is 0 Å². The van der Waals surface area contributed by atoms with Crippen molar-refractivity contribution in [3.05, 3.63) is 28.7 Å². The Morgan fingerprint density at radius 3 is 2.38 bits per heavy atom. The Kier molecular flexibility index (Phi) is 2.43. The summed E-state index contributed by atoms with van der Waals surface area (Å²) in [5.41, 5.74) is 8.01. The number of hydrogen-bond acceptors (Lipinski definition) is 3. The summed E-state index contributed by atoms with van der Waals surface area (Å²) in [6.07, 6.45) is 1.32. The van der Waals surface area contributed by atoms with E-state index in [1.54, 1.807) is 0 Å². The number of hydrogen-bond donors (Lipinski definition) is 1. The topological polar surface area (TPSA) is 62.9 Å². The van der Waals surface area contributed by atoms with Gasteiger partial charge in [-0.3, -0.25) is 0 Å². The van der Waals surface area contributed by atoms with E-state index in [0.29, 0.717) is 5.70 Å². The number of nitrogens with zero attached hydrogens (tertiary/aromatic N) is 1. The Morgan fingerprint density at radius 1 is 1.38 bits per heavy atom. The molecule has 0 atom stereocenters. The molecule has 0 aromatic carbocycles. The van der Waals surface area contributed by atoms with Crippen molar-refractivity contribution in [3.63, 3.8) is 0 Å². The molecule has 0 saturated carbocycles. The van der Waals surface area contributed by atoms with Crippen LogP contribution in [0.15, 0.2) is 10.5 Å². The van der Waals surface area contributed by atoms with Gasteiger partial charge in [0.1, 0.15) is 11.5 Å². The van der Waals surface area contributed by atoms with Crippen molar-refractivity contribution in [2.45, 2.75) is 20.8 Å². The molecule has 0 aliphatic heterocycles. The summed E-state index contributed by atoms with van der Waals surface area (Å²) in [6, 6.07) is 1.90. The third kappa shape index (κ3) is 1.57. The van der Waals surface area contributed by atoms with Crippen LogP contribution in [-0.2, 0) is 0 Å². The third-order valence-electron chi connectivity index (χ3n) is 2.07. The van der Waals surface area contributed by atoms with Crippen molar-refractivity contribution < 1.29 is 4.42 Å². The highest BCUT2D eigenvalue weighted by atomic mass is 16.3. The lowest BCUT2D eigenvalue weighted by Crippen LogP contribution is -1.97. The molecule has 13 heavy (non-hydrogen) atoms. The van der Waals surface area contributed by atoms with Crippen molar-refractivity contribution in [1.29, 1.82) is 5.26 Å². The number of aryl methyl sites for hydroxylation is 2. The Labute approximate surface area is 77.5 Å². The van der Waals surface area contributed by atoms with Crippen LogP contribution in [0.25, 0.3) is 5.70 Å². The molecule has 2 N–H and O–H groups in total. The van der Waals surface area contributed by atoms with Gasteiger partial charge in [0, 0.05) is 11.6 Å². The Balaban J connectivity index is 3.31. The number of nitrogens with two attached hydrogens (primary N) is 1. The summed E-state index contributed by atoms with van der Waals surface area (Å²) in [6.45, 7) is 5.65. The van der Waals surface area contributed by atoms with E-state index < -0.39 is 0 Å². The monoisotopic (exact) mass is 176 g/mol. The predicted octanol–water partition coefficient (Wildman–Crippen LogP) is 2.03. The van der Waals surface area contributed by atoms with Crippen molar-refractivity contribution in [2.75, 3.05) is 0 Å². The molecule has 1 aromatic rings. The molecule has 1 heterocycles. The van der Waals surface area contributed by atoms with Crippen molar-refractivity contribution in [1.82, 2.24) is 0 Å². The Bertz CT molecular complexity index is 394. The molecule has 68 valence electrons. The summed E-state index contributed by atoms with van der Waals surface area (Å²) in [4.78, 5) is 0. The highest BCUT2D eigenvalue weighted by Gasteiger charge is 2.12. The van der Waals surface area contributed by atoms with Gasteiger partial charge in [-0.15, -0.1) is 0 Å². The second kappa shape index (κ2) is 3.36. The first-order chi connectivity index (χ1) is 6.07. The average molecular weight is 176 g/mol. The summed E-state index contributed by atoms with van der Waals surface area (Å²) in [5, 5.41) is 8.45. The molecule has 1 rings (SSSR count). The van der Waals surface area contributed by atoms with Gasteiger partial charge >= 0.3 is 0 Å². The van der Waals surface area contributed by atoms with E-state index in [2.05, 4.69) is 0 Å². The van der Waals surface area contributed by atoms with Crippen molar-refractivity contribution in [2.24, 2.45) is 5.73 Å². The van der Waals surface area contributed by atoms with Gasteiger partial charge in [0.2, 0.25) is 0 Å². The maximum absolute atomic E-state index is 8.45. The van der Waals surface area contributed by atoms with Crippen LogP contribution in [0.5, 0.6) is 0 Å². The minimum Gasteiger partial charge on any atom is -0.466 e. The molecule has 0 unspecified atom stereocenters. The van der Waals surface area contributed by atoms with Crippen molar-refractivity contribution >= 4 is 5.70 Å². The lowest BCUT2D eigenvalue weighted by atomic mass is 10.1. The molecule has 0 fully saturated rings. The summed E-state index contributed by atoms with van der Waals surface area (Å²) < 4.78 is 5.38. The highest BCUT2D eigenvalue weighted by molar-refractivity contribution is 5.69. The zero-order valence-electron chi connectivity index (χ0n) is 8.01. The molecular weight excluding hydrogens is 164 g/mol. The predicted molar refractivity (Wildman–Crippen MR) is 50.7 cm³/mol. The smallest absolute Gasteiger partial charge is 0.110 e. The molecule has 0 amide bonds. The van der Waals surface area contributed by atoms with E-state index in [0.717, 1.165) is 22.6 Å². The molecular formula is C10H12N2O. The molecule has 0 bridgehead atoms. The van der Waals surface area contributed by atoms with Crippen LogP contribution in [-0.4, -0.2) is 0 Å². The maximum Gasteiger partial charge on any atom is 0.110 e. The fourth-order valence-electron chi connectivity index (χ4n) is 1.36. The lowest BCUT2D eigenvalue weighted by molar-refractivity contribution is 0.502. The van der Waals surface area contributed by atoms with Gasteiger partial charge in [-0.25, -0.2) is 0 Å². The van der Waals surface area contributed by atoms with Crippen LogP contribution >= 0.6 is 0 Å². The van der Waals surface area contributed by atoms with E-state index in [1.165, 1.54) is 6.08 Å². The fraction of sp³-hybridized carbons (Fsp3) is 0.300. The molecule has 1 aromatic heterocycles. The Hall–Kier alpha value is -1.69. The zero-order valence-corrected chi connectivity index (χ0v) is 8.01. The van der Waals surface area contributed by atoms with Crippen molar-refractivity contribution in [3.8, 4) is 6.07 Å². The molecule has 0 radical (unpaired) electrons. The van der Waals surface area contributed by atoms with E-state index in [-0.39, 0.29) is 0 Å². The van der Waals surface area contributed by atoms with Crippen LogP contribution in [0, 0.1) is 32.1 Å². The number of rotatable bonds is 1. The van der Waals surface area contributed by atoms with Gasteiger partial charge in [0.05, 0.1) is 11.8 Å². The average Bonchev–Trinajstić information content (AvgIpc) is 2.27. The normalized spacial score (nSPS) is 11.4. The first-order valence-corrected chi connectivity index (χ1v) is 4.00. The second-order valence-electron chi connectivity index (χ2n) is 2.94. The summed E-state index contributed by atoms with van der Waals surface area (Å²) >= 11 is 0. The van der Waals surface area contributed by atoms with Crippen LogP contribution in [0.2, 0.25) is 0 Å².